The van der Waals surface area contributed by atoms with Gasteiger partial charge in [0.25, 0.3) is 0 Å². The number of azo groups is 1. The molecule has 3 aromatic heterocycles. The summed E-state index contributed by atoms with van der Waals surface area (Å²) in [4.78, 5) is 11.1. The third kappa shape index (κ3) is 3.86. The average molecular weight is 426 g/mol. The maximum atomic E-state index is 9.87. The summed E-state index contributed by atoms with van der Waals surface area (Å²) in [5.41, 5.74) is 1.88. The van der Waals surface area contributed by atoms with Crippen LogP contribution in [0.1, 0.15) is 36.0 Å². The minimum Gasteiger partial charge on any atom is -0.371 e. The summed E-state index contributed by atoms with van der Waals surface area (Å²) in [5.74, 6) is 1.97. The van der Waals surface area contributed by atoms with Gasteiger partial charge in [-0.1, -0.05) is 6.07 Å². The summed E-state index contributed by atoms with van der Waals surface area (Å²) in [6.07, 6.45) is 6.41. The predicted molar refractivity (Wildman–Crippen MR) is 120 cm³/mol. The molecule has 0 amide bonds. The van der Waals surface area contributed by atoms with E-state index in [4.69, 9.17) is 4.98 Å². The van der Waals surface area contributed by atoms with Crippen LogP contribution >= 0.6 is 0 Å². The van der Waals surface area contributed by atoms with Crippen molar-refractivity contribution in [1.29, 1.82) is 10.5 Å². The molecule has 0 saturated carbocycles. The maximum Gasteiger partial charge on any atom is 0.197 e. The van der Waals surface area contributed by atoms with E-state index in [0.717, 1.165) is 25.9 Å². The normalized spacial score (nSPS) is 13.7. The second-order valence-electron chi connectivity index (χ2n) is 7.34. The highest BCUT2D eigenvalue weighted by atomic mass is 15.4. The molecule has 0 aromatic carbocycles. The van der Waals surface area contributed by atoms with Crippen molar-refractivity contribution >= 4 is 23.1 Å². The van der Waals surface area contributed by atoms with E-state index in [1.165, 1.54) is 17.3 Å². The van der Waals surface area contributed by atoms with E-state index in [1.54, 1.807) is 25.4 Å². The summed E-state index contributed by atoms with van der Waals surface area (Å²) in [7, 11) is 1.76. The van der Waals surface area contributed by atoms with Crippen LogP contribution in [0.3, 0.4) is 0 Å². The van der Waals surface area contributed by atoms with Crippen LogP contribution in [0.5, 0.6) is 0 Å². The molecule has 1 saturated heterocycles. The average Bonchev–Trinajstić information content (AvgIpc) is 3.26. The van der Waals surface area contributed by atoms with E-state index in [-0.39, 0.29) is 11.4 Å². The Hall–Kier alpha value is -4.31. The van der Waals surface area contributed by atoms with E-state index in [0.29, 0.717) is 34.3 Å². The smallest absolute Gasteiger partial charge is 0.197 e. The van der Waals surface area contributed by atoms with Crippen molar-refractivity contribution in [3.8, 4) is 18.0 Å². The zero-order chi connectivity index (χ0) is 22.5. The van der Waals surface area contributed by atoms with Gasteiger partial charge in [-0.25, -0.2) is 9.97 Å². The van der Waals surface area contributed by atoms with Crippen LogP contribution < -0.4 is 10.2 Å². The van der Waals surface area contributed by atoms with Crippen LogP contribution in [0.4, 0.5) is 23.1 Å². The fraction of sp³-hybridized carbons (Fsp3) is 0.318. The lowest BCUT2D eigenvalue weighted by Crippen LogP contribution is -2.31. The first-order valence-corrected chi connectivity index (χ1v) is 10.4. The zero-order valence-electron chi connectivity index (χ0n) is 17.9. The van der Waals surface area contributed by atoms with E-state index < -0.39 is 0 Å². The molecule has 10 nitrogen and oxygen atoms in total. The molecular weight excluding hydrogens is 404 g/mol. The van der Waals surface area contributed by atoms with Gasteiger partial charge in [0.1, 0.15) is 29.2 Å². The van der Waals surface area contributed by atoms with Crippen LogP contribution in [0, 0.1) is 29.6 Å². The molecule has 160 valence electrons. The molecule has 0 spiro atoms. The molecule has 32 heavy (non-hydrogen) atoms. The summed E-state index contributed by atoms with van der Waals surface area (Å²) in [6.45, 7) is 3.59. The zero-order valence-corrected chi connectivity index (χ0v) is 17.9. The van der Waals surface area contributed by atoms with Gasteiger partial charge in [-0.2, -0.15) is 20.3 Å². The molecule has 0 radical (unpaired) electrons. The van der Waals surface area contributed by atoms with Crippen molar-refractivity contribution in [2.24, 2.45) is 10.2 Å². The molecule has 10 heteroatoms. The molecule has 1 aliphatic heterocycles. The third-order valence-electron chi connectivity index (χ3n) is 5.38. The Kier molecular flexibility index (Phi) is 6.04. The number of hydrogen-bond acceptors (Lipinski definition) is 9. The number of nitriles is 2. The van der Waals surface area contributed by atoms with E-state index in [1.807, 2.05) is 13.0 Å². The first-order valence-electron chi connectivity index (χ1n) is 10.4. The minimum absolute atomic E-state index is 0.256. The van der Waals surface area contributed by atoms with Crippen molar-refractivity contribution in [3.63, 3.8) is 0 Å². The highest BCUT2D eigenvalue weighted by Gasteiger charge is 2.22. The van der Waals surface area contributed by atoms with Crippen molar-refractivity contribution in [3.05, 3.63) is 47.3 Å². The van der Waals surface area contributed by atoms with Gasteiger partial charge in [-0.05, 0) is 38.3 Å². The molecule has 0 aliphatic carbocycles. The van der Waals surface area contributed by atoms with Crippen molar-refractivity contribution in [1.82, 2.24) is 19.7 Å². The molecule has 0 atom stereocenters. The highest BCUT2D eigenvalue weighted by molar-refractivity contribution is 5.74. The predicted octanol–water partition coefficient (Wildman–Crippen LogP) is 4.16. The Balaban J connectivity index is 1.80. The second-order valence-corrected chi connectivity index (χ2v) is 7.34. The molecule has 3 aromatic rings. The summed E-state index contributed by atoms with van der Waals surface area (Å²) in [6, 6.07) is 9.76. The first-order chi connectivity index (χ1) is 15.7. The van der Waals surface area contributed by atoms with E-state index >= 15 is 0 Å². The molecule has 0 unspecified atom stereocenters. The van der Waals surface area contributed by atoms with Crippen LogP contribution in [0.25, 0.3) is 5.82 Å². The first kappa shape index (κ1) is 20.9. The highest BCUT2D eigenvalue weighted by Crippen LogP contribution is 2.37. The van der Waals surface area contributed by atoms with Crippen LogP contribution in [-0.2, 0) is 0 Å². The second kappa shape index (κ2) is 9.23. The summed E-state index contributed by atoms with van der Waals surface area (Å²) in [5, 5.41) is 35.4. The molecule has 1 aliphatic rings. The topological polar surface area (TPSA) is 131 Å². The number of pyridine rings is 2. The molecule has 1 N–H and O–H groups in total. The van der Waals surface area contributed by atoms with Gasteiger partial charge in [0.05, 0.1) is 11.8 Å². The van der Waals surface area contributed by atoms with Crippen molar-refractivity contribution < 1.29 is 0 Å². The fourth-order valence-corrected chi connectivity index (χ4v) is 3.70. The lowest BCUT2D eigenvalue weighted by Gasteiger charge is -2.29. The van der Waals surface area contributed by atoms with Gasteiger partial charge < -0.3 is 10.2 Å². The minimum atomic E-state index is 0.256. The SMILES string of the molecule is CNc1nc(N2CCCCC2)c(C#N)c(C)c1N=Nc1c(C#N)cnn1-c1ccccn1. The van der Waals surface area contributed by atoms with Gasteiger partial charge in [0, 0.05) is 31.9 Å². The van der Waals surface area contributed by atoms with Crippen molar-refractivity contribution in [2.75, 3.05) is 30.4 Å². The van der Waals surface area contributed by atoms with Gasteiger partial charge >= 0.3 is 0 Å². The Bertz CT molecular complexity index is 1220. The number of rotatable bonds is 5. The Morgan fingerprint density at radius 2 is 1.91 bits per heavy atom. The molecule has 4 rings (SSSR count). The number of anilines is 2. The van der Waals surface area contributed by atoms with Crippen LogP contribution in [-0.4, -0.2) is 39.9 Å². The standard InChI is InChI=1S/C22H22N10/c1-15-17(13-24)22(31-10-6-3-7-11-31)28-20(25-2)19(15)29-30-21-16(12-23)14-27-32(21)18-8-4-5-9-26-18/h4-5,8-9,14H,3,6-7,10-11H2,1-2H3,(H,25,28). The fourth-order valence-electron chi connectivity index (χ4n) is 3.70. The molecule has 1 fully saturated rings. The monoisotopic (exact) mass is 426 g/mol. The summed E-state index contributed by atoms with van der Waals surface area (Å²) < 4.78 is 1.46. The van der Waals surface area contributed by atoms with E-state index in [9.17, 15) is 10.5 Å². The van der Waals surface area contributed by atoms with Crippen LogP contribution in [0.15, 0.2) is 40.8 Å². The van der Waals surface area contributed by atoms with Gasteiger partial charge in [0.2, 0.25) is 0 Å². The number of piperidine rings is 1. The Morgan fingerprint density at radius 1 is 1.09 bits per heavy atom. The lowest BCUT2D eigenvalue weighted by atomic mass is 10.1. The molecule has 0 bridgehead atoms. The number of nitrogens with one attached hydrogen (secondary N) is 1. The lowest BCUT2D eigenvalue weighted by molar-refractivity contribution is 0.573. The maximum absolute atomic E-state index is 9.87. The quantitative estimate of drug-likeness (QED) is 0.606. The van der Waals surface area contributed by atoms with Gasteiger partial charge in [-0.15, -0.1) is 10.2 Å². The number of aromatic nitrogens is 4. The largest absolute Gasteiger partial charge is 0.371 e. The Labute approximate surface area is 185 Å². The van der Waals surface area contributed by atoms with Gasteiger partial charge in [0.15, 0.2) is 17.5 Å². The number of hydrogen-bond donors (Lipinski definition) is 1. The van der Waals surface area contributed by atoms with Crippen LogP contribution in [0.2, 0.25) is 0 Å². The number of nitrogens with zero attached hydrogens (tertiary/aromatic N) is 9. The van der Waals surface area contributed by atoms with Crippen molar-refractivity contribution in [2.45, 2.75) is 26.2 Å². The Morgan fingerprint density at radius 3 is 2.56 bits per heavy atom. The molecular formula is C22H22N10. The molecule has 4 heterocycles. The van der Waals surface area contributed by atoms with E-state index in [2.05, 4.69) is 42.7 Å². The van der Waals surface area contributed by atoms with Gasteiger partial charge in [-0.3, -0.25) is 0 Å². The summed E-state index contributed by atoms with van der Waals surface area (Å²) >= 11 is 0. The third-order valence-corrected chi connectivity index (χ3v) is 5.38.